The second kappa shape index (κ2) is 9.42. The van der Waals surface area contributed by atoms with Gasteiger partial charge in [-0.3, -0.25) is 9.59 Å². The Morgan fingerprint density at radius 3 is 2.90 bits per heavy atom. The molecule has 1 aromatic carbocycles. The van der Waals surface area contributed by atoms with Crippen molar-refractivity contribution >= 4 is 11.8 Å². The highest BCUT2D eigenvalue weighted by atomic mass is 19.1. The Morgan fingerprint density at radius 2 is 2.10 bits per heavy atom. The van der Waals surface area contributed by atoms with Gasteiger partial charge < -0.3 is 19.4 Å². The Labute approximate surface area is 178 Å². The van der Waals surface area contributed by atoms with Crippen molar-refractivity contribution in [3.8, 4) is 11.6 Å². The summed E-state index contributed by atoms with van der Waals surface area (Å²) in [6.45, 7) is 0.662. The molecule has 2 aromatic heterocycles. The number of piperidine rings is 1. The van der Waals surface area contributed by atoms with E-state index in [0.29, 0.717) is 24.3 Å². The smallest absolute Gasteiger partial charge is 0.290 e. The van der Waals surface area contributed by atoms with Crippen LogP contribution in [0.2, 0.25) is 0 Å². The number of nitrogens with zero attached hydrogens (tertiary/aromatic N) is 2. The first-order chi connectivity index (χ1) is 15.1. The molecule has 1 aliphatic rings. The van der Waals surface area contributed by atoms with E-state index >= 15 is 0 Å². The maximum absolute atomic E-state index is 13.4. The Bertz CT molecular complexity index is 1050. The van der Waals surface area contributed by atoms with Crippen molar-refractivity contribution in [3.63, 3.8) is 0 Å². The van der Waals surface area contributed by atoms with Gasteiger partial charge in [0.25, 0.3) is 5.91 Å². The van der Waals surface area contributed by atoms with Crippen molar-refractivity contribution in [2.75, 3.05) is 6.54 Å². The number of aromatic nitrogens is 1. The van der Waals surface area contributed by atoms with Gasteiger partial charge in [0, 0.05) is 30.9 Å². The monoisotopic (exact) mass is 423 g/mol. The number of carbonyl (C=O) groups excluding carboxylic acids is 2. The summed E-state index contributed by atoms with van der Waals surface area (Å²) in [4.78, 5) is 31.4. The number of carbonyl (C=O) groups is 2. The summed E-state index contributed by atoms with van der Waals surface area (Å²) in [5, 5.41) is 2.88. The van der Waals surface area contributed by atoms with Crippen molar-refractivity contribution in [1.29, 1.82) is 0 Å². The number of amides is 2. The number of benzene rings is 1. The Kier molecular flexibility index (Phi) is 6.26. The summed E-state index contributed by atoms with van der Waals surface area (Å²) >= 11 is 0. The molecule has 0 aliphatic carbocycles. The normalized spacial score (nSPS) is 16.0. The zero-order valence-electron chi connectivity index (χ0n) is 16.8. The topological polar surface area (TPSA) is 84.7 Å². The predicted molar refractivity (Wildman–Crippen MR) is 110 cm³/mol. The highest BCUT2D eigenvalue weighted by Crippen LogP contribution is 2.24. The fraction of sp³-hybridized carbons (Fsp3) is 0.261. The van der Waals surface area contributed by atoms with Gasteiger partial charge in [-0.2, -0.15) is 0 Å². The van der Waals surface area contributed by atoms with Crippen LogP contribution in [-0.4, -0.2) is 34.3 Å². The van der Waals surface area contributed by atoms with Crippen LogP contribution in [0.4, 0.5) is 4.39 Å². The summed E-state index contributed by atoms with van der Waals surface area (Å²) in [5.74, 6) is -0.143. The van der Waals surface area contributed by atoms with Crippen LogP contribution in [0.5, 0.6) is 11.6 Å². The summed E-state index contributed by atoms with van der Waals surface area (Å²) in [7, 11) is 0. The molecule has 7 nitrogen and oxygen atoms in total. The molecule has 1 saturated heterocycles. The molecular formula is C23H22FN3O4. The fourth-order valence-electron chi connectivity index (χ4n) is 3.58. The highest BCUT2D eigenvalue weighted by molar-refractivity contribution is 5.95. The summed E-state index contributed by atoms with van der Waals surface area (Å²) in [6.07, 6.45) is 5.28. The number of pyridine rings is 1. The van der Waals surface area contributed by atoms with E-state index in [0.717, 1.165) is 12.8 Å². The molecular weight excluding hydrogens is 401 g/mol. The molecule has 0 bridgehead atoms. The molecule has 3 aromatic rings. The molecule has 1 unspecified atom stereocenters. The number of hydrogen-bond acceptors (Lipinski definition) is 5. The molecule has 1 atom stereocenters. The Hall–Kier alpha value is -3.68. The molecule has 1 aliphatic heterocycles. The summed E-state index contributed by atoms with van der Waals surface area (Å²) in [6, 6.07) is 11.9. The van der Waals surface area contributed by atoms with Gasteiger partial charge in [0.15, 0.2) is 5.76 Å². The number of halogens is 1. The van der Waals surface area contributed by atoms with Crippen LogP contribution in [-0.2, 0) is 11.3 Å². The van der Waals surface area contributed by atoms with Gasteiger partial charge in [-0.25, -0.2) is 9.37 Å². The SMILES string of the molecule is O=C(NCc1cccnc1Oc1cccc(F)c1)C1CCCCN1C(=O)c1ccco1. The van der Waals surface area contributed by atoms with E-state index in [2.05, 4.69) is 10.3 Å². The van der Waals surface area contributed by atoms with Crippen LogP contribution in [0, 0.1) is 5.82 Å². The van der Waals surface area contributed by atoms with E-state index in [1.54, 1.807) is 47.5 Å². The van der Waals surface area contributed by atoms with Crippen LogP contribution in [0.25, 0.3) is 0 Å². The van der Waals surface area contributed by atoms with Gasteiger partial charge in [-0.05, 0) is 49.6 Å². The first-order valence-electron chi connectivity index (χ1n) is 10.1. The first kappa shape index (κ1) is 20.6. The van der Waals surface area contributed by atoms with Gasteiger partial charge in [0.05, 0.1) is 6.26 Å². The van der Waals surface area contributed by atoms with Gasteiger partial charge >= 0.3 is 0 Å². The van der Waals surface area contributed by atoms with Gasteiger partial charge in [0.1, 0.15) is 17.6 Å². The van der Waals surface area contributed by atoms with Crippen LogP contribution in [0.15, 0.2) is 65.4 Å². The van der Waals surface area contributed by atoms with Crippen molar-refractivity contribution in [2.45, 2.75) is 31.8 Å². The molecule has 2 amide bonds. The van der Waals surface area contributed by atoms with E-state index in [9.17, 15) is 14.0 Å². The zero-order chi connectivity index (χ0) is 21.6. The minimum absolute atomic E-state index is 0.163. The zero-order valence-corrected chi connectivity index (χ0v) is 16.8. The standard InChI is InChI=1S/C23H22FN3O4/c24-17-7-3-8-18(14-17)31-22-16(6-4-11-25-22)15-26-21(28)19-9-1-2-12-27(19)23(29)20-10-5-13-30-20/h3-8,10-11,13-14,19H,1-2,9,12,15H2,(H,26,28). The molecule has 160 valence electrons. The minimum Gasteiger partial charge on any atom is -0.459 e. The third-order valence-corrected chi connectivity index (χ3v) is 5.11. The molecule has 4 rings (SSSR count). The van der Waals surface area contributed by atoms with Crippen LogP contribution in [0.1, 0.15) is 35.4 Å². The van der Waals surface area contributed by atoms with Crippen LogP contribution < -0.4 is 10.1 Å². The second-order valence-electron chi connectivity index (χ2n) is 7.23. The lowest BCUT2D eigenvalue weighted by Gasteiger charge is -2.34. The van der Waals surface area contributed by atoms with E-state index in [-0.39, 0.29) is 30.0 Å². The number of likely N-dealkylation sites (tertiary alicyclic amines) is 1. The van der Waals surface area contributed by atoms with Crippen molar-refractivity contribution in [3.05, 3.63) is 78.1 Å². The number of hydrogen-bond donors (Lipinski definition) is 1. The lowest BCUT2D eigenvalue weighted by Crippen LogP contribution is -2.51. The number of furan rings is 1. The molecule has 1 N–H and O–H groups in total. The number of nitrogens with one attached hydrogen (secondary N) is 1. The molecule has 1 fully saturated rings. The number of rotatable bonds is 6. The van der Waals surface area contributed by atoms with E-state index in [1.165, 1.54) is 18.4 Å². The van der Waals surface area contributed by atoms with E-state index in [4.69, 9.17) is 9.15 Å². The van der Waals surface area contributed by atoms with Crippen molar-refractivity contribution < 1.29 is 23.1 Å². The summed E-state index contributed by atoms with van der Waals surface area (Å²) in [5.41, 5.74) is 0.639. The summed E-state index contributed by atoms with van der Waals surface area (Å²) < 4.78 is 24.3. The number of ether oxygens (including phenoxy) is 1. The van der Waals surface area contributed by atoms with Gasteiger partial charge in [-0.15, -0.1) is 0 Å². The molecule has 0 radical (unpaired) electrons. The third kappa shape index (κ3) is 4.91. The van der Waals surface area contributed by atoms with E-state index < -0.39 is 11.9 Å². The van der Waals surface area contributed by atoms with Gasteiger partial charge in [0.2, 0.25) is 11.8 Å². The van der Waals surface area contributed by atoms with Crippen LogP contribution in [0.3, 0.4) is 0 Å². The molecule has 31 heavy (non-hydrogen) atoms. The lowest BCUT2D eigenvalue weighted by atomic mass is 10.0. The average Bonchev–Trinajstić information content (AvgIpc) is 3.33. The van der Waals surface area contributed by atoms with Gasteiger partial charge in [-0.1, -0.05) is 12.1 Å². The van der Waals surface area contributed by atoms with Crippen molar-refractivity contribution in [2.24, 2.45) is 0 Å². The lowest BCUT2D eigenvalue weighted by molar-refractivity contribution is -0.126. The first-order valence-corrected chi connectivity index (χ1v) is 10.1. The quantitative estimate of drug-likeness (QED) is 0.650. The maximum atomic E-state index is 13.4. The van der Waals surface area contributed by atoms with E-state index in [1.807, 2.05) is 0 Å². The Balaban J connectivity index is 1.44. The Morgan fingerprint density at radius 1 is 1.19 bits per heavy atom. The third-order valence-electron chi connectivity index (χ3n) is 5.11. The van der Waals surface area contributed by atoms with Crippen LogP contribution >= 0.6 is 0 Å². The predicted octanol–water partition coefficient (Wildman–Crippen LogP) is 3.92. The molecule has 3 heterocycles. The fourth-order valence-corrected chi connectivity index (χ4v) is 3.58. The highest BCUT2D eigenvalue weighted by Gasteiger charge is 2.33. The minimum atomic E-state index is -0.574. The maximum Gasteiger partial charge on any atom is 0.290 e. The van der Waals surface area contributed by atoms with Crippen molar-refractivity contribution in [1.82, 2.24) is 15.2 Å². The molecule has 0 spiro atoms. The average molecular weight is 423 g/mol. The molecule has 8 heteroatoms. The largest absolute Gasteiger partial charge is 0.459 e. The second-order valence-corrected chi connectivity index (χ2v) is 7.23. The molecule has 0 saturated carbocycles.